The molecule has 112 valence electrons. The Labute approximate surface area is 130 Å². The zero-order chi connectivity index (χ0) is 15.8. The van der Waals surface area contributed by atoms with Crippen molar-refractivity contribution in [3.63, 3.8) is 0 Å². The Hall–Kier alpha value is -2.80. The van der Waals surface area contributed by atoms with Gasteiger partial charge in [0.2, 0.25) is 5.91 Å². The fourth-order valence-electron chi connectivity index (χ4n) is 2.04. The van der Waals surface area contributed by atoms with Gasteiger partial charge in [0.15, 0.2) is 0 Å². The standard InChI is InChI=1S/C18H19N3O/c1-14-6-8-15(9-7-14)13-21-18(22)10-11-20-17-5-3-2-4-16(17)12-19/h2-9,20H,10-11,13H2,1H3,(H,21,22). The van der Waals surface area contributed by atoms with Gasteiger partial charge in [0.1, 0.15) is 6.07 Å². The van der Waals surface area contributed by atoms with E-state index in [9.17, 15) is 4.79 Å². The maximum Gasteiger partial charge on any atom is 0.222 e. The van der Waals surface area contributed by atoms with Gasteiger partial charge in [-0.25, -0.2) is 0 Å². The van der Waals surface area contributed by atoms with Gasteiger partial charge in [-0.1, -0.05) is 42.0 Å². The highest BCUT2D eigenvalue weighted by molar-refractivity contribution is 5.76. The molecule has 2 N–H and O–H groups in total. The molecule has 0 saturated heterocycles. The lowest BCUT2D eigenvalue weighted by molar-refractivity contribution is -0.121. The molecular formula is C18H19N3O. The molecule has 0 aromatic heterocycles. The highest BCUT2D eigenvalue weighted by Crippen LogP contribution is 2.13. The van der Waals surface area contributed by atoms with Gasteiger partial charge in [-0.2, -0.15) is 5.26 Å². The molecule has 0 aliphatic heterocycles. The third-order valence-electron chi connectivity index (χ3n) is 3.33. The summed E-state index contributed by atoms with van der Waals surface area (Å²) in [5.74, 6) is -0.0116. The van der Waals surface area contributed by atoms with Crippen molar-refractivity contribution in [2.45, 2.75) is 19.9 Å². The maximum absolute atomic E-state index is 11.8. The Kier molecular flexibility index (Phi) is 5.56. The zero-order valence-corrected chi connectivity index (χ0v) is 12.6. The molecule has 0 spiro atoms. The molecular weight excluding hydrogens is 274 g/mol. The summed E-state index contributed by atoms with van der Waals surface area (Å²) in [6.07, 6.45) is 0.367. The van der Waals surface area contributed by atoms with Crippen molar-refractivity contribution in [1.29, 1.82) is 5.26 Å². The van der Waals surface area contributed by atoms with E-state index in [4.69, 9.17) is 5.26 Å². The van der Waals surface area contributed by atoms with Crippen molar-refractivity contribution in [2.75, 3.05) is 11.9 Å². The third kappa shape index (κ3) is 4.64. The smallest absolute Gasteiger partial charge is 0.222 e. The summed E-state index contributed by atoms with van der Waals surface area (Å²) in [6.45, 7) is 3.07. The van der Waals surface area contributed by atoms with E-state index < -0.39 is 0 Å². The number of carbonyl (C=O) groups is 1. The van der Waals surface area contributed by atoms with Crippen LogP contribution in [0.1, 0.15) is 23.1 Å². The quantitative estimate of drug-likeness (QED) is 0.860. The van der Waals surface area contributed by atoms with E-state index in [1.54, 1.807) is 6.07 Å². The van der Waals surface area contributed by atoms with Crippen molar-refractivity contribution in [3.8, 4) is 6.07 Å². The monoisotopic (exact) mass is 293 g/mol. The maximum atomic E-state index is 11.8. The second-order valence-corrected chi connectivity index (χ2v) is 5.10. The molecule has 0 bridgehead atoms. The number of nitriles is 1. The van der Waals surface area contributed by atoms with Crippen molar-refractivity contribution in [2.24, 2.45) is 0 Å². The molecule has 0 heterocycles. The molecule has 4 nitrogen and oxygen atoms in total. The van der Waals surface area contributed by atoms with E-state index in [0.29, 0.717) is 25.1 Å². The fraction of sp³-hybridized carbons (Fsp3) is 0.222. The van der Waals surface area contributed by atoms with Crippen molar-refractivity contribution >= 4 is 11.6 Å². The van der Waals surface area contributed by atoms with Crippen LogP contribution in [0.5, 0.6) is 0 Å². The first kappa shape index (κ1) is 15.6. The van der Waals surface area contributed by atoms with Crippen LogP contribution in [0.3, 0.4) is 0 Å². The number of carbonyl (C=O) groups excluding carboxylic acids is 1. The van der Waals surface area contributed by atoms with Crippen LogP contribution >= 0.6 is 0 Å². The fourth-order valence-corrected chi connectivity index (χ4v) is 2.04. The second kappa shape index (κ2) is 7.84. The molecule has 0 atom stereocenters. The molecule has 1 amide bonds. The molecule has 0 unspecified atom stereocenters. The van der Waals surface area contributed by atoms with E-state index in [1.807, 2.05) is 49.4 Å². The topological polar surface area (TPSA) is 64.9 Å². The largest absolute Gasteiger partial charge is 0.383 e. The number of anilines is 1. The number of hydrogen-bond donors (Lipinski definition) is 2. The van der Waals surface area contributed by atoms with E-state index in [-0.39, 0.29) is 5.91 Å². The zero-order valence-electron chi connectivity index (χ0n) is 12.6. The summed E-state index contributed by atoms with van der Waals surface area (Å²) in [6, 6.07) is 17.5. The Morgan fingerprint density at radius 1 is 1.14 bits per heavy atom. The highest BCUT2D eigenvalue weighted by atomic mass is 16.1. The lowest BCUT2D eigenvalue weighted by Gasteiger charge is -2.09. The summed E-state index contributed by atoms with van der Waals surface area (Å²) in [5.41, 5.74) is 3.64. The van der Waals surface area contributed by atoms with Gasteiger partial charge in [-0.15, -0.1) is 0 Å². The second-order valence-electron chi connectivity index (χ2n) is 5.10. The van der Waals surface area contributed by atoms with Crippen LogP contribution in [0, 0.1) is 18.3 Å². The molecule has 0 aliphatic rings. The van der Waals surface area contributed by atoms with Gasteiger partial charge in [-0.3, -0.25) is 4.79 Å². The van der Waals surface area contributed by atoms with Gasteiger partial charge in [0.05, 0.1) is 11.3 Å². The average molecular weight is 293 g/mol. The predicted molar refractivity (Wildman–Crippen MR) is 87.3 cm³/mol. The molecule has 2 rings (SSSR count). The summed E-state index contributed by atoms with van der Waals surface area (Å²) >= 11 is 0. The summed E-state index contributed by atoms with van der Waals surface area (Å²) < 4.78 is 0. The van der Waals surface area contributed by atoms with E-state index in [2.05, 4.69) is 16.7 Å². The van der Waals surface area contributed by atoms with Crippen LogP contribution in [-0.2, 0) is 11.3 Å². The summed E-state index contributed by atoms with van der Waals surface area (Å²) in [5, 5.41) is 15.0. The first-order valence-electron chi connectivity index (χ1n) is 7.24. The molecule has 0 saturated carbocycles. The minimum absolute atomic E-state index is 0.0116. The highest BCUT2D eigenvalue weighted by Gasteiger charge is 2.03. The van der Waals surface area contributed by atoms with Crippen molar-refractivity contribution < 1.29 is 4.79 Å². The first-order chi connectivity index (χ1) is 10.7. The average Bonchev–Trinajstić information content (AvgIpc) is 2.55. The molecule has 0 fully saturated rings. The molecule has 0 aliphatic carbocycles. The minimum atomic E-state index is -0.0116. The molecule has 2 aromatic rings. The van der Waals surface area contributed by atoms with E-state index >= 15 is 0 Å². The third-order valence-corrected chi connectivity index (χ3v) is 3.33. The summed E-state index contributed by atoms with van der Waals surface area (Å²) in [4.78, 5) is 11.8. The first-order valence-corrected chi connectivity index (χ1v) is 7.24. The lowest BCUT2D eigenvalue weighted by atomic mass is 10.1. The lowest BCUT2D eigenvalue weighted by Crippen LogP contribution is -2.24. The predicted octanol–water partition coefficient (Wildman–Crippen LogP) is 2.99. The Morgan fingerprint density at radius 3 is 2.59 bits per heavy atom. The number of para-hydroxylation sites is 1. The Bertz CT molecular complexity index is 671. The van der Waals surface area contributed by atoms with Gasteiger partial charge in [-0.05, 0) is 24.6 Å². The number of rotatable bonds is 6. The van der Waals surface area contributed by atoms with Crippen molar-refractivity contribution in [3.05, 3.63) is 65.2 Å². The summed E-state index contributed by atoms with van der Waals surface area (Å²) in [7, 11) is 0. The van der Waals surface area contributed by atoms with Crippen LogP contribution in [0.15, 0.2) is 48.5 Å². The van der Waals surface area contributed by atoms with Gasteiger partial charge in [0, 0.05) is 19.5 Å². The van der Waals surface area contributed by atoms with Gasteiger partial charge in [0.25, 0.3) is 0 Å². The van der Waals surface area contributed by atoms with Crippen molar-refractivity contribution in [1.82, 2.24) is 5.32 Å². The van der Waals surface area contributed by atoms with Crippen LogP contribution in [0.25, 0.3) is 0 Å². The van der Waals surface area contributed by atoms with Crippen LogP contribution in [-0.4, -0.2) is 12.5 Å². The number of nitrogens with one attached hydrogen (secondary N) is 2. The number of benzene rings is 2. The number of aryl methyl sites for hydroxylation is 1. The Morgan fingerprint density at radius 2 is 1.86 bits per heavy atom. The SMILES string of the molecule is Cc1ccc(CNC(=O)CCNc2ccccc2C#N)cc1. The molecule has 0 radical (unpaired) electrons. The van der Waals surface area contributed by atoms with Gasteiger partial charge < -0.3 is 10.6 Å². The molecule has 2 aromatic carbocycles. The van der Waals surface area contributed by atoms with Gasteiger partial charge >= 0.3 is 0 Å². The van der Waals surface area contributed by atoms with Crippen LogP contribution in [0.4, 0.5) is 5.69 Å². The minimum Gasteiger partial charge on any atom is -0.383 e. The number of amides is 1. The van der Waals surface area contributed by atoms with Crippen LogP contribution in [0.2, 0.25) is 0 Å². The molecule has 22 heavy (non-hydrogen) atoms. The Balaban J connectivity index is 1.74. The number of hydrogen-bond acceptors (Lipinski definition) is 3. The molecule has 4 heteroatoms. The number of nitrogens with zero attached hydrogens (tertiary/aromatic N) is 1. The van der Waals surface area contributed by atoms with E-state index in [1.165, 1.54) is 5.56 Å². The van der Waals surface area contributed by atoms with E-state index in [0.717, 1.165) is 11.3 Å². The van der Waals surface area contributed by atoms with Crippen LogP contribution < -0.4 is 10.6 Å². The normalized spacial score (nSPS) is 9.82.